The maximum Gasteiger partial charge on any atom is 0.233 e. The lowest BCUT2D eigenvalue weighted by Gasteiger charge is -2.18. The average Bonchev–Trinajstić information content (AvgIpc) is 2.25. The van der Waals surface area contributed by atoms with Crippen molar-refractivity contribution in [2.75, 3.05) is 17.7 Å². The highest BCUT2D eigenvalue weighted by Gasteiger charge is 2.33. The van der Waals surface area contributed by atoms with E-state index in [1.807, 2.05) is 13.8 Å². The Kier molecular flexibility index (Phi) is 2.58. The number of hydrogen-bond acceptors (Lipinski definition) is 3. The minimum Gasteiger partial charge on any atom is -0.488 e. The van der Waals surface area contributed by atoms with Crippen molar-refractivity contribution in [3.63, 3.8) is 0 Å². The Hall–Kier alpha value is -1.23. The fourth-order valence-electron chi connectivity index (χ4n) is 1.48. The van der Waals surface area contributed by atoms with E-state index in [-0.39, 0.29) is 5.91 Å². The number of ether oxygens (including phenoxy) is 1. The van der Waals surface area contributed by atoms with Crippen LogP contribution < -0.4 is 15.8 Å². The number of fused-ring (bicyclic) bond motifs is 1. The SMILES string of the molecule is CC1(C)COc2c(N)cc(Br)cc2NC1=O. The van der Waals surface area contributed by atoms with Gasteiger partial charge in [0.05, 0.1) is 16.8 Å². The first-order valence-corrected chi connectivity index (χ1v) is 5.73. The molecule has 0 atom stereocenters. The fraction of sp³-hybridized carbons (Fsp3) is 0.364. The predicted octanol–water partition coefficient (Wildman–Crippen LogP) is 2.39. The third kappa shape index (κ3) is 1.87. The van der Waals surface area contributed by atoms with E-state index in [0.29, 0.717) is 23.7 Å². The smallest absolute Gasteiger partial charge is 0.233 e. The zero-order chi connectivity index (χ0) is 11.9. The lowest BCUT2D eigenvalue weighted by atomic mass is 9.94. The van der Waals surface area contributed by atoms with E-state index < -0.39 is 5.41 Å². The van der Waals surface area contributed by atoms with E-state index in [9.17, 15) is 4.79 Å². The van der Waals surface area contributed by atoms with Gasteiger partial charge in [0.2, 0.25) is 5.91 Å². The quantitative estimate of drug-likeness (QED) is 0.719. The normalized spacial score (nSPS) is 18.1. The second-order valence-electron chi connectivity index (χ2n) is 4.50. The lowest BCUT2D eigenvalue weighted by molar-refractivity contribution is -0.124. The fourth-order valence-corrected chi connectivity index (χ4v) is 1.95. The first-order valence-electron chi connectivity index (χ1n) is 4.93. The van der Waals surface area contributed by atoms with Crippen molar-refractivity contribution >= 4 is 33.2 Å². The number of amides is 1. The van der Waals surface area contributed by atoms with Crippen LogP contribution in [0.25, 0.3) is 0 Å². The Morgan fingerprint density at radius 3 is 2.88 bits per heavy atom. The van der Waals surface area contributed by atoms with Gasteiger partial charge in [-0.3, -0.25) is 4.79 Å². The van der Waals surface area contributed by atoms with Gasteiger partial charge in [-0.25, -0.2) is 0 Å². The number of hydrogen-bond donors (Lipinski definition) is 2. The van der Waals surface area contributed by atoms with Gasteiger partial charge in [0.15, 0.2) is 5.75 Å². The van der Waals surface area contributed by atoms with Crippen LogP contribution in [-0.2, 0) is 4.79 Å². The molecule has 1 aliphatic rings. The Morgan fingerprint density at radius 2 is 2.19 bits per heavy atom. The molecule has 0 aromatic heterocycles. The molecule has 1 aromatic carbocycles. The van der Waals surface area contributed by atoms with E-state index in [0.717, 1.165) is 4.47 Å². The number of carbonyl (C=O) groups is 1. The number of anilines is 2. The summed E-state index contributed by atoms with van der Waals surface area (Å²) in [5, 5.41) is 2.82. The summed E-state index contributed by atoms with van der Waals surface area (Å²) in [7, 11) is 0. The summed E-state index contributed by atoms with van der Waals surface area (Å²) in [6.07, 6.45) is 0. The molecule has 3 N–H and O–H groups in total. The summed E-state index contributed by atoms with van der Waals surface area (Å²) in [6.45, 7) is 3.98. The van der Waals surface area contributed by atoms with Crippen LogP contribution in [-0.4, -0.2) is 12.5 Å². The zero-order valence-corrected chi connectivity index (χ0v) is 10.7. The van der Waals surface area contributed by atoms with E-state index in [2.05, 4.69) is 21.2 Å². The molecule has 0 radical (unpaired) electrons. The maximum atomic E-state index is 11.9. The van der Waals surface area contributed by atoms with Gasteiger partial charge in [0.1, 0.15) is 6.61 Å². The number of carbonyl (C=O) groups excluding carboxylic acids is 1. The first-order chi connectivity index (χ1) is 7.40. The van der Waals surface area contributed by atoms with Crippen molar-refractivity contribution < 1.29 is 9.53 Å². The molecule has 1 aliphatic heterocycles. The van der Waals surface area contributed by atoms with E-state index >= 15 is 0 Å². The summed E-state index contributed by atoms with van der Waals surface area (Å²) in [5.41, 5.74) is 6.41. The summed E-state index contributed by atoms with van der Waals surface area (Å²) in [6, 6.07) is 3.54. The van der Waals surface area contributed by atoms with Crippen LogP contribution in [0.15, 0.2) is 16.6 Å². The molecule has 2 rings (SSSR count). The molecule has 0 unspecified atom stereocenters. The lowest BCUT2D eigenvalue weighted by Crippen LogP contribution is -2.33. The van der Waals surface area contributed by atoms with Crippen LogP contribution in [0, 0.1) is 5.41 Å². The molecule has 5 heteroatoms. The number of rotatable bonds is 0. The average molecular weight is 285 g/mol. The van der Waals surface area contributed by atoms with Gasteiger partial charge in [0, 0.05) is 4.47 Å². The van der Waals surface area contributed by atoms with E-state index in [1.54, 1.807) is 12.1 Å². The molecule has 4 nitrogen and oxygen atoms in total. The summed E-state index contributed by atoms with van der Waals surface area (Å²) < 4.78 is 6.40. The Labute approximate surface area is 102 Å². The third-order valence-corrected chi connectivity index (χ3v) is 2.98. The number of nitrogen functional groups attached to an aromatic ring is 1. The van der Waals surface area contributed by atoms with Gasteiger partial charge in [-0.2, -0.15) is 0 Å². The van der Waals surface area contributed by atoms with Crippen LogP contribution in [0.5, 0.6) is 5.75 Å². The van der Waals surface area contributed by atoms with E-state index in [4.69, 9.17) is 10.5 Å². The van der Waals surface area contributed by atoms with E-state index in [1.165, 1.54) is 0 Å². The summed E-state index contributed by atoms with van der Waals surface area (Å²) in [5.74, 6) is 0.478. The monoisotopic (exact) mass is 284 g/mol. The molecule has 0 saturated carbocycles. The van der Waals surface area contributed by atoms with Crippen LogP contribution >= 0.6 is 15.9 Å². The number of benzene rings is 1. The second-order valence-corrected chi connectivity index (χ2v) is 5.41. The highest BCUT2D eigenvalue weighted by Crippen LogP contribution is 2.38. The van der Waals surface area contributed by atoms with Crippen LogP contribution in [0.3, 0.4) is 0 Å². The van der Waals surface area contributed by atoms with Crippen molar-refractivity contribution in [1.82, 2.24) is 0 Å². The van der Waals surface area contributed by atoms with Gasteiger partial charge in [0.25, 0.3) is 0 Å². The second kappa shape index (κ2) is 3.66. The Morgan fingerprint density at radius 1 is 1.50 bits per heavy atom. The molecule has 1 heterocycles. The Balaban J connectivity index is 2.49. The van der Waals surface area contributed by atoms with Gasteiger partial charge in [-0.15, -0.1) is 0 Å². The molecular weight excluding hydrogens is 272 g/mol. The first kappa shape index (κ1) is 11.3. The van der Waals surface area contributed by atoms with Crippen molar-refractivity contribution in [1.29, 1.82) is 0 Å². The minimum absolute atomic E-state index is 0.0660. The Bertz CT molecular complexity index is 458. The van der Waals surface area contributed by atoms with Gasteiger partial charge >= 0.3 is 0 Å². The number of halogens is 1. The summed E-state index contributed by atoms with van der Waals surface area (Å²) >= 11 is 3.33. The summed E-state index contributed by atoms with van der Waals surface area (Å²) in [4.78, 5) is 11.9. The molecule has 0 bridgehead atoms. The molecule has 86 valence electrons. The van der Waals surface area contributed by atoms with Crippen molar-refractivity contribution in [3.05, 3.63) is 16.6 Å². The number of nitrogens with one attached hydrogen (secondary N) is 1. The van der Waals surface area contributed by atoms with Gasteiger partial charge < -0.3 is 15.8 Å². The molecule has 16 heavy (non-hydrogen) atoms. The van der Waals surface area contributed by atoms with Crippen molar-refractivity contribution in [2.24, 2.45) is 5.41 Å². The van der Waals surface area contributed by atoms with Crippen LogP contribution in [0.4, 0.5) is 11.4 Å². The molecule has 0 aliphatic carbocycles. The predicted molar refractivity (Wildman–Crippen MR) is 66.5 cm³/mol. The highest BCUT2D eigenvalue weighted by atomic mass is 79.9. The van der Waals surface area contributed by atoms with Crippen molar-refractivity contribution in [2.45, 2.75) is 13.8 Å². The maximum absolute atomic E-state index is 11.9. The third-order valence-electron chi connectivity index (χ3n) is 2.52. The van der Waals surface area contributed by atoms with Gasteiger partial charge in [-0.05, 0) is 26.0 Å². The molecular formula is C11H13BrN2O2. The topological polar surface area (TPSA) is 64.3 Å². The van der Waals surface area contributed by atoms with Crippen LogP contribution in [0.2, 0.25) is 0 Å². The molecule has 1 aromatic rings. The molecule has 1 amide bonds. The zero-order valence-electron chi connectivity index (χ0n) is 9.13. The molecule has 0 fully saturated rings. The standard InChI is InChI=1S/C11H13BrN2O2/c1-11(2)5-16-9-7(13)3-6(12)4-8(9)14-10(11)15/h3-4H,5,13H2,1-2H3,(H,14,15). The number of nitrogens with two attached hydrogens (primary N) is 1. The van der Waals surface area contributed by atoms with Crippen molar-refractivity contribution in [3.8, 4) is 5.75 Å². The molecule has 0 saturated heterocycles. The van der Waals surface area contributed by atoms with Gasteiger partial charge in [-0.1, -0.05) is 15.9 Å². The highest BCUT2D eigenvalue weighted by molar-refractivity contribution is 9.10. The van der Waals surface area contributed by atoms with Crippen LogP contribution in [0.1, 0.15) is 13.8 Å². The largest absolute Gasteiger partial charge is 0.488 e. The molecule has 0 spiro atoms. The minimum atomic E-state index is -0.558.